The third kappa shape index (κ3) is 8.36. The molecule has 0 atom stereocenters. The molecule has 37 heavy (non-hydrogen) atoms. The number of primary sulfonamides is 3. The van der Waals surface area contributed by atoms with Crippen LogP contribution in [0.1, 0.15) is 10.5 Å². The van der Waals surface area contributed by atoms with Gasteiger partial charge >= 0.3 is 0 Å². The van der Waals surface area contributed by atoms with Crippen molar-refractivity contribution < 1.29 is 38.5 Å². The highest BCUT2D eigenvalue weighted by molar-refractivity contribution is 9.10. The van der Waals surface area contributed by atoms with Crippen LogP contribution in [0.2, 0.25) is 0 Å². The van der Waals surface area contributed by atoms with E-state index < -0.39 is 65.6 Å². The van der Waals surface area contributed by atoms with Gasteiger partial charge in [-0.2, -0.15) is 0 Å². The summed E-state index contributed by atoms with van der Waals surface area (Å²) in [6, 6.07) is 12.4. The Hall–Kier alpha value is -2.78. The van der Waals surface area contributed by atoms with Crippen LogP contribution < -0.4 is 20.1 Å². The molecular formula is C18H18BrN5O9S4. The van der Waals surface area contributed by atoms with Crippen molar-refractivity contribution in [2.75, 3.05) is 0 Å². The molecule has 0 saturated carbocycles. The number of carbonyl (C=O) groups excluding carboxylic acids is 1. The molecule has 0 aliphatic rings. The number of amides is 1. The molecule has 3 aromatic rings. The lowest BCUT2D eigenvalue weighted by molar-refractivity contribution is 0.0976. The third-order valence-corrected chi connectivity index (χ3v) is 9.12. The highest BCUT2D eigenvalue weighted by Gasteiger charge is 2.26. The fourth-order valence-corrected chi connectivity index (χ4v) is 7.08. The molecule has 0 radical (unpaired) electrons. The first-order chi connectivity index (χ1) is 16.8. The summed E-state index contributed by atoms with van der Waals surface area (Å²) in [4.78, 5) is 13.5. The maximum Gasteiger partial charge on any atom is 0.283 e. The molecule has 7 N–H and O–H groups in total. The fraction of sp³-hybridized carbons (Fsp3) is 0. The molecule has 1 aromatic heterocycles. The van der Waals surface area contributed by atoms with Gasteiger partial charge in [0.05, 0.1) is 0 Å². The van der Waals surface area contributed by atoms with Crippen LogP contribution in [-0.2, 0) is 40.1 Å². The Morgan fingerprint density at radius 2 is 1.03 bits per heavy atom. The molecule has 14 nitrogen and oxygen atoms in total. The molecule has 2 aromatic carbocycles. The largest absolute Gasteiger partial charge is 0.283 e. The second kappa shape index (κ2) is 11.3. The Labute approximate surface area is 221 Å². The van der Waals surface area contributed by atoms with Crippen LogP contribution >= 0.6 is 15.9 Å². The minimum absolute atomic E-state index is 0.148. The van der Waals surface area contributed by atoms with Crippen LogP contribution in [0.5, 0.6) is 0 Å². The predicted octanol–water partition coefficient (Wildman–Crippen LogP) is -0.408. The quantitative estimate of drug-likeness (QED) is 0.267. The summed E-state index contributed by atoms with van der Waals surface area (Å²) in [6.45, 7) is 0. The minimum Gasteiger partial charge on any atom is -0.266 e. The molecule has 1 heterocycles. The average molecular weight is 657 g/mol. The van der Waals surface area contributed by atoms with Gasteiger partial charge in [-0.05, 0) is 52.3 Å². The normalized spacial score (nSPS) is 12.2. The maximum atomic E-state index is 12.3. The van der Waals surface area contributed by atoms with Gasteiger partial charge in [-0.15, -0.1) is 0 Å². The van der Waals surface area contributed by atoms with Gasteiger partial charge in [0, 0.05) is 10.7 Å². The van der Waals surface area contributed by atoms with Gasteiger partial charge in [0.15, 0.2) is 0 Å². The summed E-state index contributed by atoms with van der Waals surface area (Å²) in [5, 5.41) is 14.6. The molecule has 3 rings (SSSR count). The van der Waals surface area contributed by atoms with Crippen molar-refractivity contribution in [2.24, 2.45) is 15.4 Å². The second-order valence-electron chi connectivity index (χ2n) is 6.82. The minimum atomic E-state index is -4.44. The number of hydrogen-bond acceptors (Lipinski definition) is 10. The summed E-state index contributed by atoms with van der Waals surface area (Å²) >= 11 is 3.13. The van der Waals surface area contributed by atoms with Crippen molar-refractivity contribution in [2.45, 2.75) is 19.6 Å². The van der Waals surface area contributed by atoms with Gasteiger partial charge in [-0.25, -0.2) is 58.8 Å². The number of hydrogen-bond donors (Lipinski definition) is 4. The van der Waals surface area contributed by atoms with E-state index in [-0.39, 0.29) is 5.69 Å². The molecular weight excluding hydrogens is 638 g/mol. The number of sulfonamides is 4. The molecule has 0 aliphatic carbocycles. The summed E-state index contributed by atoms with van der Waals surface area (Å²) in [7, 11) is -16.9. The van der Waals surface area contributed by atoms with E-state index in [2.05, 4.69) is 20.9 Å². The van der Waals surface area contributed by atoms with Crippen LogP contribution in [0.3, 0.4) is 0 Å². The van der Waals surface area contributed by atoms with Gasteiger partial charge in [-0.3, -0.25) is 4.79 Å². The lowest BCUT2D eigenvalue weighted by atomic mass is 10.3. The molecule has 0 bridgehead atoms. The van der Waals surface area contributed by atoms with E-state index in [1.165, 1.54) is 42.6 Å². The zero-order chi connectivity index (χ0) is 28.2. The zero-order valence-electron chi connectivity index (χ0n) is 18.2. The van der Waals surface area contributed by atoms with Crippen LogP contribution in [0.15, 0.2) is 90.9 Å². The lowest BCUT2D eigenvalue weighted by Crippen LogP contribution is -2.32. The van der Waals surface area contributed by atoms with E-state index in [0.29, 0.717) is 4.47 Å². The molecule has 1 amide bonds. The van der Waals surface area contributed by atoms with Crippen LogP contribution in [0.25, 0.3) is 0 Å². The van der Waals surface area contributed by atoms with Gasteiger partial charge < -0.3 is 0 Å². The Kier molecular flexibility index (Phi) is 9.31. The van der Waals surface area contributed by atoms with E-state index in [1.807, 2.05) is 0 Å². The monoisotopic (exact) mass is 655 g/mol. The lowest BCUT2D eigenvalue weighted by Gasteiger charge is -2.10. The van der Waals surface area contributed by atoms with Crippen LogP contribution in [-0.4, -0.2) is 44.6 Å². The highest BCUT2D eigenvalue weighted by atomic mass is 79.9. The number of pyridine rings is 1. The Morgan fingerprint density at radius 1 is 0.649 bits per heavy atom. The summed E-state index contributed by atoms with van der Waals surface area (Å²) in [5.41, 5.74) is -0.148. The number of aromatic nitrogens is 1. The standard InChI is InChI=1S/C12H10BrN3O5S2.C6H8N2O4S2/c13-8-5-6-9(15-7-8)12(17)16-23(20,21)11-4-2-1-3-10(11)22(14,18)19;7-13(9,10)5-3-1-2-4-6(5)14(8,11)12/h1-7H,(H,16,17)(H2,14,18,19);1-4H,(H2,7,9,10)(H2,8,11,12). The average Bonchev–Trinajstić information content (AvgIpc) is 2.78. The smallest absolute Gasteiger partial charge is 0.266 e. The molecule has 0 aliphatic heterocycles. The third-order valence-electron chi connectivity index (χ3n) is 4.09. The number of rotatable bonds is 6. The first-order valence-electron chi connectivity index (χ1n) is 9.29. The number of nitrogens with zero attached hydrogens (tertiary/aromatic N) is 1. The van der Waals surface area contributed by atoms with Gasteiger partial charge in [0.2, 0.25) is 30.1 Å². The van der Waals surface area contributed by atoms with Crippen molar-refractivity contribution in [3.63, 3.8) is 0 Å². The first-order valence-corrected chi connectivity index (χ1v) is 16.2. The molecule has 19 heteroatoms. The zero-order valence-corrected chi connectivity index (χ0v) is 23.1. The molecule has 0 spiro atoms. The molecule has 0 saturated heterocycles. The number of benzene rings is 2. The topological polar surface area (TPSA) is 257 Å². The Morgan fingerprint density at radius 3 is 1.38 bits per heavy atom. The second-order valence-corrected chi connectivity index (χ2v) is 14.0. The Bertz CT molecular complexity index is 1710. The van der Waals surface area contributed by atoms with E-state index in [9.17, 15) is 38.5 Å². The van der Waals surface area contributed by atoms with E-state index >= 15 is 0 Å². The van der Waals surface area contributed by atoms with Crippen molar-refractivity contribution in [1.82, 2.24) is 9.71 Å². The number of nitrogens with two attached hydrogens (primary N) is 3. The number of nitrogens with one attached hydrogen (secondary N) is 1. The van der Waals surface area contributed by atoms with E-state index in [1.54, 1.807) is 4.72 Å². The summed E-state index contributed by atoms with van der Waals surface area (Å²) < 4.78 is 93.7. The molecule has 200 valence electrons. The van der Waals surface area contributed by atoms with Crippen molar-refractivity contribution in [3.05, 3.63) is 77.0 Å². The van der Waals surface area contributed by atoms with Crippen molar-refractivity contribution in [3.8, 4) is 0 Å². The van der Waals surface area contributed by atoms with Gasteiger partial charge in [0.25, 0.3) is 15.9 Å². The van der Waals surface area contributed by atoms with Crippen LogP contribution in [0, 0.1) is 0 Å². The molecule has 0 unspecified atom stereocenters. The van der Waals surface area contributed by atoms with Crippen molar-refractivity contribution in [1.29, 1.82) is 0 Å². The predicted molar refractivity (Wildman–Crippen MR) is 134 cm³/mol. The highest BCUT2D eigenvalue weighted by Crippen LogP contribution is 2.20. The van der Waals surface area contributed by atoms with E-state index in [0.717, 1.165) is 24.3 Å². The molecule has 0 fully saturated rings. The Balaban J connectivity index is 0.000000294. The van der Waals surface area contributed by atoms with E-state index in [4.69, 9.17) is 15.4 Å². The fourth-order valence-electron chi connectivity index (χ4n) is 2.57. The number of halogens is 1. The summed E-state index contributed by atoms with van der Waals surface area (Å²) in [5.74, 6) is -0.998. The SMILES string of the molecule is NS(=O)(=O)c1ccccc1S(=O)(=O)NC(=O)c1ccc(Br)cn1.NS(=O)(=O)c1ccccc1S(N)(=O)=O. The number of carbonyl (C=O) groups is 1. The van der Waals surface area contributed by atoms with Crippen LogP contribution in [0.4, 0.5) is 0 Å². The maximum absolute atomic E-state index is 12.3. The summed E-state index contributed by atoms with van der Waals surface area (Å²) in [6.07, 6.45) is 1.32. The first kappa shape index (κ1) is 30.4. The van der Waals surface area contributed by atoms with Crippen molar-refractivity contribution >= 4 is 61.9 Å². The van der Waals surface area contributed by atoms with Gasteiger partial charge in [0.1, 0.15) is 25.3 Å². The van der Waals surface area contributed by atoms with Gasteiger partial charge in [-0.1, -0.05) is 24.3 Å².